The van der Waals surface area contributed by atoms with Gasteiger partial charge >= 0.3 is 12.0 Å². The van der Waals surface area contributed by atoms with E-state index in [9.17, 15) is 53.1 Å². The summed E-state index contributed by atoms with van der Waals surface area (Å²) in [7, 11) is 0. The number of primary amides is 1. The van der Waals surface area contributed by atoms with Crippen LogP contribution in [0.3, 0.4) is 0 Å². The molecule has 2 rings (SSSR count). The van der Waals surface area contributed by atoms with Gasteiger partial charge in [-0.1, -0.05) is 20.3 Å². The largest absolute Gasteiger partial charge is 0.481 e. The maximum absolute atomic E-state index is 13.2. The summed E-state index contributed by atoms with van der Waals surface area (Å²) >= 11 is 3.17. The van der Waals surface area contributed by atoms with E-state index in [1.807, 2.05) is 11.8 Å². The van der Waals surface area contributed by atoms with Crippen molar-refractivity contribution in [1.82, 2.24) is 48.0 Å². The second kappa shape index (κ2) is 27.9. The normalized spacial score (nSPS) is 18.5. The van der Waals surface area contributed by atoms with Crippen molar-refractivity contribution in [3.8, 4) is 0 Å². The molecule has 2 heterocycles. The SMILES string of the molecule is CSCC[C@H](NC(=O)[C@H](CC(=O)O)NC(=O)C(CC(=O)NO)CC(C)C)C(=O)NCC(=O)NCC(=O)N[C@@H](CCCCNC(=O)CCCC[C@@H]1SC[C@@H]2NC(=O)N[C@@H]21)C(N)=O. The standard InChI is InChI=1S/C37H62N10O12S2/c1-20(2)14-21(15-28(49)47-59)34(55)44-24(16-31(52)53)36(57)43-23(11-13-60-3)35(56)41-17-29(50)40-18-30(51)42-22(33(38)54)8-6-7-12-39-27(48)10-5-4-9-26-32-25(19-61-26)45-37(58)46-32/h20-26,32,59H,4-19H2,1-3H3,(H2,38,54)(H,39,48)(H,40,50)(H,41,56)(H,42,51)(H,43,57)(H,44,55)(H,47,49)(H,52,53)(H2,45,46,58)/t21?,22-,23-,24-,25-,26-,32-/m0/s1. The van der Waals surface area contributed by atoms with Gasteiger partial charge < -0.3 is 53.4 Å². The van der Waals surface area contributed by atoms with Crippen molar-refractivity contribution in [1.29, 1.82) is 0 Å². The monoisotopic (exact) mass is 902 g/mol. The lowest BCUT2D eigenvalue weighted by molar-refractivity contribution is -0.142. The van der Waals surface area contributed by atoms with Crippen LogP contribution in [0.2, 0.25) is 0 Å². The lowest BCUT2D eigenvalue weighted by atomic mass is 9.92. The number of carboxylic acids is 1. The van der Waals surface area contributed by atoms with Crippen LogP contribution in [0, 0.1) is 11.8 Å². The molecule has 1 unspecified atom stereocenters. The van der Waals surface area contributed by atoms with Gasteiger partial charge in [-0.15, -0.1) is 0 Å². The molecule has 0 aromatic heterocycles. The maximum Gasteiger partial charge on any atom is 0.315 e. The molecule has 0 aromatic carbocycles. The molecule has 0 spiro atoms. The number of carbonyl (C=O) groups excluding carboxylic acids is 9. The highest BCUT2D eigenvalue weighted by atomic mass is 32.2. The predicted molar refractivity (Wildman–Crippen MR) is 225 cm³/mol. The van der Waals surface area contributed by atoms with Crippen LogP contribution in [-0.2, 0) is 43.2 Å². The highest BCUT2D eigenvalue weighted by molar-refractivity contribution is 8.00. The summed E-state index contributed by atoms with van der Waals surface area (Å²) in [6, 6.07) is -3.76. The van der Waals surface area contributed by atoms with Crippen molar-refractivity contribution in [3.63, 3.8) is 0 Å². The van der Waals surface area contributed by atoms with E-state index in [-0.39, 0.29) is 49.2 Å². The van der Waals surface area contributed by atoms with E-state index in [0.717, 1.165) is 18.6 Å². The van der Waals surface area contributed by atoms with Crippen molar-refractivity contribution in [2.75, 3.05) is 37.4 Å². The first kappa shape index (κ1) is 52.3. The van der Waals surface area contributed by atoms with Crippen molar-refractivity contribution in [3.05, 3.63) is 0 Å². The zero-order chi connectivity index (χ0) is 45.5. The number of nitrogens with two attached hydrogens (primary N) is 1. The maximum atomic E-state index is 13.2. The fourth-order valence-electron chi connectivity index (χ4n) is 6.70. The van der Waals surface area contributed by atoms with E-state index < -0.39 is 97.3 Å². The zero-order valence-corrected chi connectivity index (χ0v) is 36.4. The molecule has 61 heavy (non-hydrogen) atoms. The highest BCUT2D eigenvalue weighted by Crippen LogP contribution is 2.33. The minimum atomic E-state index is -1.63. The molecular weight excluding hydrogens is 841 g/mol. The van der Waals surface area contributed by atoms with Gasteiger partial charge in [0.2, 0.25) is 47.3 Å². The number of aliphatic carboxylic acids is 1. The van der Waals surface area contributed by atoms with E-state index in [1.54, 1.807) is 20.1 Å². The Hall–Kier alpha value is -4.84. The fourth-order valence-corrected chi connectivity index (χ4v) is 8.71. The number of fused-ring (bicyclic) bond motifs is 1. The summed E-state index contributed by atoms with van der Waals surface area (Å²) in [5.41, 5.74) is 6.90. The Morgan fingerprint density at radius 1 is 0.787 bits per heavy atom. The van der Waals surface area contributed by atoms with Gasteiger partial charge in [0.25, 0.3) is 0 Å². The molecule has 0 aliphatic carbocycles. The van der Waals surface area contributed by atoms with E-state index in [4.69, 9.17) is 10.9 Å². The molecule has 13 N–H and O–H groups in total. The number of hydrogen-bond acceptors (Lipinski definition) is 13. The summed E-state index contributed by atoms with van der Waals surface area (Å²) in [5, 5.41) is 39.3. The molecule has 7 atom stereocenters. The van der Waals surface area contributed by atoms with Crippen LogP contribution in [0.4, 0.5) is 4.79 Å². The summed E-state index contributed by atoms with van der Waals surface area (Å²) in [4.78, 5) is 124. The lowest BCUT2D eigenvalue weighted by Crippen LogP contribution is -2.56. The first-order chi connectivity index (χ1) is 28.9. The van der Waals surface area contributed by atoms with Crippen LogP contribution in [0.5, 0.6) is 0 Å². The van der Waals surface area contributed by atoms with Gasteiger partial charge in [0.15, 0.2) is 0 Å². The van der Waals surface area contributed by atoms with Gasteiger partial charge in [-0.2, -0.15) is 23.5 Å². The molecule has 2 aliphatic heterocycles. The second-order valence-electron chi connectivity index (χ2n) is 15.3. The van der Waals surface area contributed by atoms with Crippen LogP contribution in [0.1, 0.15) is 84.5 Å². The number of carboxylic acid groups (broad SMARTS) is 1. The summed E-state index contributed by atoms with van der Waals surface area (Å²) in [5.74, 6) is -7.10. The van der Waals surface area contributed by atoms with Gasteiger partial charge in [0.05, 0.1) is 31.6 Å². The Kier molecular flexibility index (Phi) is 23.9. The summed E-state index contributed by atoms with van der Waals surface area (Å²) < 4.78 is 0. The predicted octanol–water partition coefficient (Wildman–Crippen LogP) is -2.04. The smallest absolute Gasteiger partial charge is 0.315 e. The highest BCUT2D eigenvalue weighted by Gasteiger charge is 2.42. The molecule has 0 radical (unpaired) electrons. The first-order valence-corrected chi connectivity index (χ1v) is 22.7. The Morgan fingerprint density at radius 3 is 2.15 bits per heavy atom. The molecule has 22 nitrogen and oxygen atoms in total. The van der Waals surface area contributed by atoms with Gasteiger partial charge in [0.1, 0.15) is 18.1 Å². The number of urea groups is 1. The van der Waals surface area contributed by atoms with Crippen LogP contribution >= 0.6 is 23.5 Å². The molecule has 344 valence electrons. The van der Waals surface area contributed by atoms with E-state index in [1.165, 1.54) is 17.2 Å². The molecule has 2 aliphatic rings. The number of nitrogens with one attached hydrogen (secondary N) is 9. The average molecular weight is 903 g/mol. The van der Waals surface area contributed by atoms with Crippen LogP contribution < -0.4 is 53.7 Å². The van der Waals surface area contributed by atoms with E-state index >= 15 is 0 Å². The van der Waals surface area contributed by atoms with E-state index in [2.05, 4.69) is 42.5 Å². The number of amides is 10. The number of unbranched alkanes of at least 4 members (excludes halogenated alkanes) is 2. The quantitative estimate of drug-likeness (QED) is 0.0160. The van der Waals surface area contributed by atoms with E-state index in [0.29, 0.717) is 43.2 Å². The van der Waals surface area contributed by atoms with Gasteiger partial charge in [-0.25, -0.2) is 10.3 Å². The van der Waals surface area contributed by atoms with Gasteiger partial charge in [0, 0.05) is 36.3 Å². The van der Waals surface area contributed by atoms with Crippen LogP contribution in [-0.4, -0.2) is 142 Å². The fraction of sp³-hybridized carbons (Fsp3) is 0.730. The number of thioether (sulfide) groups is 2. The molecule has 10 amide bonds. The zero-order valence-electron chi connectivity index (χ0n) is 34.8. The minimum absolute atomic E-state index is 0.0620. The number of rotatable bonds is 30. The van der Waals surface area contributed by atoms with Gasteiger partial charge in [-0.3, -0.25) is 48.4 Å². The summed E-state index contributed by atoms with van der Waals surface area (Å²) in [6.45, 7) is 2.77. The number of carbonyl (C=O) groups is 10. The Morgan fingerprint density at radius 2 is 1.49 bits per heavy atom. The van der Waals surface area contributed by atoms with Crippen LogP contribution in [0.25, 0.3) is 0 Å². The van der Waals surface area contributed by atoms with Crippen molar-refractivity contribution < 1.29 is 58.3 Å². The van der Waals surface area contributed by atoms with Crippen molar-refractivity contribution >= 4 is 82.8 Å². The molecule has 2 fully saturated rings. The second-order valence-corrected chi connectivity index (χ2v) is 17.6. The molecule has 0 saturated carbocycles. The first-order valence-electron chi connectivity index (χ1n) is 20.3. The number of hydrogen-bond donors (Lipinski definition) is 12. The van der Waals surface area contributed by atoms with Crippen molar-refractivity contribution in [2.24, 2.45) is 17.6 Å². The molecule has 24 heteroatoms. The third-order valence-corrected chi connectivity index (χ3v) is 12.0. The Bertz CT molecular complexity index is 1560. The minimum Gasteiger partial charge on any atom is -0.481 e. The average Bonchev–Trinajstić information content (AvgIpc) is 3.76. The van der Waals surface area contributed by atoms with Crippen molar-refractivity contribution in [2.45, 2.75) is 120 Å². The molecule has 0 aromatic rings. The third-order valence-electron chi connectivity index (χ3n) is 9.81. The van der Waals surface area contributed by atoms with Gasteiger partial charge in [-0.05, 0) is 62.9 Å². The lowest BCUT2D eigenvalue weighted by Gasteiger charge is -2.24. The topological polar surface area (TPSA) is 345 Å². The van der Waals surface area contributed by atoms with Crippen LogP contribution in [0.15, 0.2) is 0 Å². The molecular formula is C37H62N10O12S2. The molecule has 2 saturated heterocycles. The third kappa shape index (κ3) is 20.5. The Labute approximate surface area is 363 Å². The Balaban J connectivity index is 1.75. The summed E-state index contributed by atoms with van der Waals surface area (Å²) in [6.07, 6.45) is 4.73. The molecule has 0 bridgehead atoms. The number of hydroxylamine groups is 1.